The van der Waals surface area contributed by atoms with E-state index >= 15 is 0 Å². The SMILES string of the molecule is COC(=O)[C@H]1C2CCC(CC2)[C@@H]1Nc1cnnc(Cl)n1. The van der Waals surface area contributed by atoms with Gasteiger partial charge in [-0.1, -0.05) is 0 Å². The molecule has 1 aromatic rings. The quantitative estimate of drug-likeness (QED) is 0.859. The fraction of sp³-hybridized carbons (Fsp3) is 0.692. The number of fused-ring (bicyclic) bond motifs is 3. The van der Waals surface area contributed by atoms with Gasteiger partial charge in [-0.15, -0.1) is 5.10 Å². The molecule has 0 saturated heterocycles. The zero-order valence-corrected chi connectivity index (χ0v) is 12.0. The molecule has 0 amide bonds. The smallest absolute Gasteiger partial charge is 0.311 e. The summed E-state index contributed by atoms with van der Waals surface area (Å²) in [6.07, 6.45) is 6.02. The number of anilines is 1. The van der Waals surface area contributed by atoms with Crippen molar-refractivity contribution in [3.05, 3.63) is 11.5 Å². The molecule has 0 aliphatic heterocycles. The first-order valence-corrected chi connectivity index (χ1v) is 7.26. The fourth-order valence-electron chi connectivity index (χ4n) is 3.65. The van der Waals surface area contributed by atoms with Gasteiger partial charge in [-0.25, -0.2) is 0 Å². The van der Waals surface area contributed by atoms with Crippen LogP contribution in [0.2, 0.25) is 5.28 Å². The van der Waals surface area contributed by atoms with E-state index in [1.54, 1.807) is 0 Å². The molecular weight excluding hydrogens is 280 g/mol. The Balaban J connectivity index is 1.83. The maximum Gasteiger partial charge on any atom is 0.311 e. The summed E-state index contributed by atoms with van der Waals surface area (Å²) in [6, 6.07) is 0.0442. The molecule has 3 fully saturated rings. The van der Waals surface area contributed by atoms with E-state index in [1.165, 1.54) is 13.3 Å². The van der Waals surface area contributed by atoms with Crippen molar-refractivity contribution in [1.82, 2.24) is 15.2 Å². The second kappa shape index (κ2) is 5.52. The van der Waals surface area contributed by atoms with Crippen molar-refractivity contribution in [3.8, 4) is 0 Å². The van der Waals surface area contributed by atoms with E-state index in [0.717, 1.165) is 25.7 Å². The summed E-state index contributed by atoms with van der Waals surface area (Å²) in [5, 5.41) is 10.8. The second-order valence-corrected chi connectivity index (χ2v) is 5.84. The molecular formula is C13H17ClN4O2. The van der Waals surface area contributed by atoms with E-state index < -0.39 is 0 Å². The summed E-state index contributed by atoms with van der Waals surface area (Å²) in [5.74, 6) is 1.19. The van der Waals surface area contributed by atoms with Crippen LogP contribution in [-0.2, 0) is 9.53 Å². The lowest BCUT2D eigenvalue weighted by atomic mass is 9.61. The predicted octanol–water partition coefficient (Wildman–Crippen LogP) is 1.91. The zero-order valence-electron chi connectivity index (χ0n) is 11.3. The minimum atomic E-state index is -0.134. The van der Waals surface area contributed by atoms with Gasteiger partial charge in [0, 0.05) is 6.04 Å². The van der Waals surface area contributed by atoms with Crippen molar-refractivity contribution in [2.75, 3.05) is 12.4 Å². The molecule has 1 heterocycles. The number of carbonyl (C=O) groups excluding carboxylic acids is 1. The molecule has 0 radical (unpaired) electrons. The van der Waals surface area contributed by atoms with Crippen LogP contribution in [0.4, 0.5) is 5.82 Å². The van der Waals surface area contributed by atoms with E-state index in [1.807, 2.05) is 0 Å². The van der Waals surface area contributed by atoms with Crippen LogP contribution in [0.5, 0.6) is 0 Å². The monoisotopic (exact) mass is 296 g/mol. The Hall–Kier alpha value is -1.43. The van der Waals surface area contributed by atoms with Crippen LogP contribution in [0, 0.1) is 17.8 Å². The van der Waals surface area contributed by atoms with Gasteiger partial charge in [-0.2, -0.15) is 10.1 Å². The van der Waals surface area contributed by atoms with Gasteiger partial charge < -0.3 is 10.1 Å². The molecule has 7 heteroatoms. The van der Waals surface area contributed by atoms with Crippen molar-refractivity contribution in [3.63, 3.8) is 0 Å². The van der Waals surface area contributed by atoms with E-state index in [0.29, 0.717) is 17.7 Å². The number of rotatable bonds is 3. The van der Waals surface area contributed by atoms with E-state index in [4.69, 9.17) is 16.3 Å². The topological polar surface area (TPSA) is 77.0 Å². The minimum absolute atomic E-state index is 0.0442. The third-order valence-electron chi connectivity index (χ3n) is 4.54. The molecule has 6 nitrogen and oxygen atoms in total. The summed E-state index contributed by atoms with van der Waals surface area (Å²) in [4.78, 5) is 16.2. The number of esters is 1. The number of aromatic nitrogens is 3. The van der Waals surface area contributed by atoms with Gasteiger partial charge in [0.25, 0.3) is 0 Å². The highest BCUT2D eigenvalue weighted by Crippen LogP contribution is 2.46. The third kappa shape index (κ3) is 2.44. The Morgan fingerprint density at radius 1 is 1.35 bits per heavy atom. The number of hydrogen-bond donors (Lipinski definition) is 1. The van der Waals surface area contributed by atoms with Crippen LogP contribution in [0.25, 0.3) is 0 Å². The average Bonchev–Trinajstić information content (AvgIpc) is 2.47. The van der Waals surface area contributed by atoms with Crippen LogP contribution in [-0.4, -0.2) is 34.3 Å². The maximum absolute atomic E-state index is 12.1. The highest BCUT2D eigenvalue weighted by molar-refractivity contribution is 6.28. The Morgan fingerprint density at radius 2 is 2.05 bits per heavy atom. The number of nitrogens with zero attached hydrogens (tertiary/aromatic N) is 3. The molecule has 0 spiro atoms. The Labute approximate surface area is 122 Å². The van der Waals surface area contributed by atoms with Gasteiger partial charge in [0.15, 0.2) is 0 Å². The van der Waals surface area contributed by atoms with E-state index in [9.17, 15) is 4.79 Å². The molecule has 1 aromatic heterocycles. The van der Waals surface area contributed by atoms with Gasteiger partial charge in [0.1, 0.15) is 5.82 Å². The first-order chi connectivity index (χ1) is 9.69. The van der Waals surface area contributed by atoms with Crippen LogP contribution >= 0.6 is 11.6 Å². The summed E-state index contributed by atoms with van der Waals surface area (Å²) in [6.45, 7) is 0. The summed E-state index contributed by atoms with van der Waals surface area (Å²) < 4.78 is 4.98. The van der Waals surface area contributed by atoms with Gasteiger partial charge in [0.05, 0.1) is 19.2 Å². The molecule has 3 aliphatic rings. The lowest BCUT2D eigenvalue weighted by Crippen LogP contribution is -2.51. The second-order valence-electron chi connectivity index (χ2n) is 5.50. The molecule has 0 aromatic carbocycles. The van der Waals surface area contributed by atoms with E-state index in [2.05, 4.69) is 20.5 Å². The molecule has 1 N–H and O–H groups in total. The molecule has 3 saturated carbocycles. The zero-order chi connectivity index (χ0) is 14.1. The predicted molar refractivity (Wildman–Crippen MR) is 73.2 cm³/mol. The molecule has 3 aliphatic carbocycles. The summed E-state index contributed by atoms with van der Waals surface area (Å²) >= 11 is 5.75. The molecule has 4 rings (SSSR count). The summed E-state index contributed by atoms with van der Waals surface area (Å²) in [5.41, 5.74) is 0. The standard InChI is InChI=1S/C13H17ClN4O2/c1-20-12(19)10-7-2-4-8(5-3-7)11(10)16-9-6-15-18-13(14)17-9/h6-8,10-11H,2-5H2,1H3,(H,16,17,18)/t7?,8?,10-,11-/m0/s1. The Kier molecular flexibility index (Phi) is 3.74. The van der Waals surface area contributed by atoms with Crippen molar-refractivity contribution >= 4 is 23.4 Å². The van der Waals surface area contributed by atoms with Crippen LogP contribution in [0.3, 0.4) is 0 Å². The Morgan fingerprint density at radius 3 is 2.70 bits per heavy atom. The van der Waals surface area contributed by atoms with Crippen molar-refractivity contribution < 1.29 is 9.53 Å². The molecule has 108 valence electrons. The Bertz CT molecular complexity index is 505. The van der Waals surface area contributed by atoms with Crippen LogP contribution < -0.4 is 5.32 Å². The van der Waals surface area contributed by atoms with Crippen molar-refractivity contribution in [1.29, 1.82) is 0 Å². The lowest BCUT2D eigenvalue weighted by Gasteiger charge is -2.47. The van der Waals surface area contributed by atoms with Crippen molar-refractivity contribution in [2.45, 2.75) is 31.7 Å². The maximum atomic E-state index is 12.1. The van der Waals surface area contributed by atoms with Crippen molar-refractivity contribution in [2.24, 2.45) is 17.8 Å². The largest absolute Gasteiger partial charge is 0.469 e. The normalized spacial score (nSPS) is 31.9. The fourth-order valence-corrected chi connectivity index (χ4v) is 3.79. The third-order valence-corrected chi connectivity index (χ3v) is 4.70. The van der Waals surface area contributed by atoms with E-state index in [-0.39, 0.29) is 23.2 Å². The van der Waals surface area contributed by atoms with Crippen LogP contribution in [0.1, 0.15) is 25.7 Å². The number of carbonyl (C=O) groups is 1. The van der Waals surface area contributed by atoms with Crippen LogP contribution in [0.15, 0.2) is 6.20 Å². The molecule has 20 heavy (non-hydrogen) atoms. The molecule has 2 atom stereocenters. The minimum Gasteiger partial charge on any atom is -0.469 e. The first-order valence-electron chi connectivity index (χ1n) is 6.88. The molecule has 2 bridgehead atoms. The number of halogens is 1. The van der Waals surface area contributed by atoms with Gasteiger partial charge in [-0.3, -0.25) is 4.79 Å². The van der Waals surface area contributed by atoms with Gasteiger partial charge >= 0.3 is 5.97 Å². The molecule has 0 unspecified atom stereocenters. The number of hydrogen-bond acceptors (Lipinski definition) is 6. The number of methoxy groups -OCH3 is 1. The van der Waals surface area contributed by atoms with Gasteiger partial charge in [-0.05, 0) is 49.1 Å². The number of ether oxygens (including phenoxy) is 1. The summed E-state index contributed by atoms with van der Waals surface area (Å²) in [7, 11) is 1.45. The average molecular weight is 297 g/mol. The lowest BCUT2D eigenvalue weighted by molar-refractivity contribution is -0.152. The first kappa shape index (κ1) is 13.5. The highest BCUT2D eigenvalue weighted by atomic mass is 35.5. The number of nitrogens with one attached hydrogen (secondary N) is 1. The highest BCUT2D eigenvalue weighted by Gasteiger charge is 2.47. The van der Waals surface area contributed by atoms with Gasteiger partial charge in [0.2, 0.25) is 5.28 Å².